The standard InChI is InChI=1S/C31H35N5O5/c1-31(2)16-25(36(18-31)30(41)24-14-20-10-6-7-11-22(20)34-24)28(39)35-23(15-21-12-13-32-27(21)38)26(37)29(40)33-17-19-8-4-3-5-9-19/h3-11,14,21,23,25,34H,12-13,15-18H2,1-2H3,(H,32,38)(H,33,40)(H,35,39). The number of nitrogens with one attached hydrogen (secondary N) is 4. The van der Waals surface area contributed by atoms with Crippen molar-refractivity contribution in [1.82, 2.24) is 25.8 Å². The Morgan fingerprint density at radius 2 is 1.78 bits per heavy atom. The number of nitrogens with zero attached hydrogens (tertiary/aromatic N) is 1. The maximum Gasteiger partial charge on any atom is 0.289 e. The molecule has 0 saturated carbocycles. The second kappa shape index (κ2) is 11.6. The summed E-state index contributed by atoms with van der Waals surface area (Å²) in [6.45, 7) is 4.94. The third kappa shape index (κ3) is 6.32. The first-order valence-corrected chi connectivity index (χ1v) is 13.9. The molecular weight excluding hydrogens is 522 g/mol. The van der Waals surface area contributed by atoms with Crippen molar-refractivity contribution in [3.63, 3.8) is 0 Å². The average molecular weight is 558 g/mol. The molecule has 3 heterocycles. The van der Waals surface area contributed by atoms with Crippen LogP contribution < -0.4 is 16.0 Å². The molecule has 10 nitrogen and oxygen atoms in total. The molecule has 1 aromatic heterocycles. The Kier molecular flexibility index (Phi) is 7.92. The minimum atomic E-state index is -1.21. The molecule has 3 atom stereocenters. The van der Waals surface area contributed by atoms with Crippen molar-refractivity contribution in [1.29, 1.82) is 0 Å². The number of carbonyl (C=O) groups excluding carboxylic acids is 5. The fourth-order valence-electron chi connectivity index (χ4n) is 5.74. The van der Waals surface area contributed by atoms with Crippen LogP contribution in [-0.2, 0) is 25.7 Å². The monoisotopic (exact) mass is 557 g/mol. The van der Waals surface area contributed by atoms with Gasteiger partial charge in [-0.2, -0.15) is 0 Å². The molecule has 0 spiro atoms. The van der Waals surface area contributed by atoms with Crippen molar-refractivity contribution in [2.45, 2.75) is 51.7 Å². The molecule has 3 aromatic rings. The number of para-hydroxylation sites is 1. The summed E-state index contributed by atoms with van der Waals surface area (Å²) in [5.74, 6) is -3.21. The van der Waals surface area contributed by atoms with Crippen LogP contribution in [0.25, 0.3) is 10.9 Å². The lowest BCUT2D eigenvalue weighted by atomic mass is 9.90. The minimum Gasteiger partial charge on any atom is -0.356 e. The number of aromatic nitrogens is 1. The number of amides is 4. The zero-order valence-corrected chi connectivity index (χ0v) is 23.2. The molecule has 3 unspecified atom stereocenters. The Morgan fingerprint density at radius 3 is 2.49 bits per heavy atom. The third-order valence-corrected chi connectivity index (χ3v) is 7.88. The Labute approximate surface area is 238 Å². The molecule has 4 N–H and O–H groups in total. The summed E-state index contributed by atoms with van der Waals surface area (Å²) in [5.41, 5.74) is 1.67. The van der Waals surface area contributed by atoms with E-state index in [2.05, 4.69) is 20.9 Å². The summed E-state index contributed by atoms with van der Waals surface area (Å²) in [5, 5.41) is 9.00. The van der Waals surface area contributed by atoms with Crippen LogP contribution in [0.2, 0.25) is 0 Å². The highest BCUT2D eigenvalue weighted by atomic mass is 16.2. The van der Waals surface area contributed by atoms with Crippen molar-refractivity contribution in [3.8, 4) is 0 Å². The highest BCUT2D eigenvalue weighted by molar-refractivity contribution is 6.38. The van der Waals surface area contributed by atoms with Gasteiger partial charge in [0.05, 0.1) is 6.04 Å². The van der Waals surface area contributed by atoms with Crippen LogP contribution in [0.3, 0.4) is 0 Å². The number of rotatable bonds is 9. The molecule has 0 bridgehead atoms. The Morgan fingerprint density at radius 1 is 1.05 bits per heavy atom. The Hall–Kier alpha value is -4.47. The van der Waals surface area contributed by atoms with Gasteiger partial charge in [0, 0.05) is 36.5 Å². The van der Waals surface area contributed by atoms with Crippen molar-refractivity contribution >= 4 is 40.3 Å². The third-order valence-electron chi connectivity index (χ3n) is 7.88. The van der Waals surface area contributed by atoms with Crippen LogP contribution in [-0.4, -0.2) is 64.5 Å². The van der Waals surface area contributed by atoms with Gasteiger partial charge in [0.15, 0.2) is 0 Å². The van der Waals surface area contributed by atoms with Crippen LogP contribution in [0.1, 0.15) is 49.2 Å². The number of benzene rings is 2. The fraction of sp³-hybridized carbons (Fsp3) is 0.387. The van der Waals surface area contributed by atoms with Gasteiger partial charge in [0.25, 0.3) is 11.8 Å². The normalized spacial score (nSPS) is 20.4. The number of likely N-dealkylation sites (tertiary alicyclic amines) is 1. The summed E-state index contributed by atoms with van der Waals surface area (Å²) in [6, 6.07) is 16.4. The Balaban J connectivity index is 1.33. The van der Waals surface area contributed by atoms with E-state index in [1.165, 1.54) is 4.90 Å². The van der Waals surface area contributed by atoms with Gasteiger partial charge in [-0.1, -0.05) is 62.4 Å². The van der Waals surface area contributed by atoms with E-state index in [1.807, 2.05) is 68.4 Å². The first-order chi connectivity index (χ1) is 19.6. The number of fused-ring (bicyclic) bond motifs is 1. The number of ketones is 1. The molecular formula is C31H35N5O5. The lowest BCUT2D eigenvalue weighted by molar-refractivity contribution is -0.141. The highest BCUT2D eigenvalue weighted by Gasteiger charge is 2.45. The van der Waals surface area contributed by atoms with Crippen LogP contribution >= 0.6 is 0 Å². The van der Waals surface area contributed by atoms with Gasteiger partial charge >= 0.3 is 0 Å². The predicted molar refractivity (Wildman–Crippen MR) is 152 cm³/mol. The number of aromatic amines is 1. The number of H-pyrrole nitrogens is 1. The van der Waals surface area contributed by atoms with Crippen molar-refractivity contribution in [2.24, 2.45) is 11.3 Å². The van der Waals surface area contributed by atoms with Crippen LogP contribution in [0.5, 0.6) is 0 Å². The van der Waals surface area contributed by atoms with E-state index >= 15 is 0 Å². The second-order valence-electron chi connectivity index (χ2n) is 11.7. The lowest BCUT2D eigenvalue weighted by Gasteiger charge is -2.26. The molecule has 2 aromatic carbocycles. The van der Waals surface area contributed by atoms with Crippen molar-refractivity contribution in [3.05, 3.63) is 71.9 Å². The molecule has 0 radical (unpaired) electrons. The summed E-state index contributed by atoms with van der Waals surface area (Å²) in [6.07, 6.45) is 0.892. The Bertz CT molecular complexity index is 1450. The second-order valence-corrected chi connectivity index (χ2v) is 11.7. The van der Waals surface area contributed by atoms with E-state index in [1.54, 1.807) is 6.07 Å². The van der Waals surface area contributed by atoms with Crippen LogP contribution in [0, 0.1) is 11.3 Å². The minimum absolute atomic E-state index is 0.00123. The quantitative estimate of drug-likeness (QED) is 0.299. The molecule has 2 fully saturated rings. The van der Waals surface area contributed by atoms with E-state index < -0.39 is 35.6 Å². The van der Waals surface area contributed by atoms with Gasteiger partial charge in [-0.3, -0.25) is 24.0 Å². The summed E-state index contributed by atoms with van der Waals surface area (Å²) in [7, 11) is 0. The molecule has 4 amide bonds. The molecule has 0 aliphatic carbocycles. The summed E-state index contributed by atoms with van der Waals surface area (Å²) >= 11 is 0. The van der Waals surface area contributed by atoms with E-state index in [9.17, 15) is 24.0 Å². The average Bonchev–Trinajstić information content (AvgIpc) is 3.67. The molecule has 214 valence electrons. The van der Waals surface area contributed by atoms with E-state index in [0.29, 0.717) is 31.6 Å². The predicted octanol–water partition coefficient (Wildman–Crippen LogP) is 2.31. The molecule has 41 heavy (non-hydrogen) atoms. The van der Waals surface area contributed by atoms with E-state index in [0.717, 1.165) is 16.5 Å². The van der Waals surface area contributed by atoms with Gasteiger partial charge in [-0.15, -0.1) is 0 Å². The van der Waals surface area contributed by atoms with Crippen LogP contribution in [0.4, 0.5) is 0 Å². The van der Waals surface area contributed by atoms with Crippen molar-refractivity contribution in [2.75, 3.05) is 13.1 Å². The van der Waals surface area contributed by atoms with E-state index in [4.69, 9.17) is 0 Å². The van der Waals surface area contributed by atoms with Crippen LogP contribution in [0.15, 0.2) is 60.7 Å². The summed E-state index contributed by atoms with van der Waals surface area (Å²) < 4.78 is 0. The molecule has 2 aliphatic rings. The zero-order valence-electron chi connectivity index (χ0n) is 23.2. The fourth-order valence-corrected chi connectivity index (χ4v) is 5.74. The lowest BCUT2D eigenvalue weighted by Crippen LogP contribution is -2.54. The van der Waals surface area contributed by atoms with Gasteiger partial charge in [0.1, 0.15) is 11.7 Å². The smallest absolute Gasteiger partial charge is 0.289 e. The topological polar surface area (TPSA) is 140 Å². The van der Waals surface area contributed by atoms with Gasteiger partial charge < -0.3 is 25.8 Å². The van der Waals surface area contributed by atoms with Gasteiger partial charge in [-0.05, 0) is 42.4 Å². The van der Waals surface area contributed by atoms with E-state index in [-0.39, 0.29) is 30.2 Å². The molecule has 2 saturated heterocycles. The first-order valence-electron chi connectivity index (χ1n) is 13.9. The number of hydrogen-bond acceptors (Lipinski definition) is 5. The highest BCUT2D eigenvalue weighted by Crippen LogP contribution is 2.35. The number of carbonyl (C=O) groups is 5. The molecule has 10 heteroatoms. The zero-order chi connectivity index (χ0) is 29.1. The SMILES string of the molecule is CC1(C)CC(C(=O)NC(CC2CCNC2=O)C(=O)C(=O)NCc2ccccc2)N(C(=O)c2cc3ccccc3[nH]2)C1. The largest absolute Gasteiger partial charge is 0.356 e. The maximum atomic E-state index is 13.7. The first kappa shape index (κ1) is 28.1. The van der Waals surface area contributed by atoms with Gasteiger partial charge in [-0.25, -0.2) is 0 Å². The number of Topliss-reactive ketones (excluding diaryl/α,β-unsaturated/α-hetero) is 1. The number of hydrogen-bond donors (Lipinski definition) is 4. The van der Waals surface area contributed by atoms with Crippen molar-refractivity contribution < 1.29 is 24.0 Å². The maximum absolute atomic E-state index is 13.7. The summed E-state index contributed by atoms with van der Waals surface area (Å²) in [4.78, 5) is 70.5. The molecule has 2 aliphatic heterocycles. The van der Waals surface area contributed by atoms with Gasteiger partial charge in [0.2, 0.25) is 17.6 Å². The molecule has 5 rings (SSSR count).